The molecule has 2 aromatic rings. The van der Waals surface area contributed by atoms with Gasteiger partial charge in [0.15, 0.2) is 0 Å². The van der Waals surface area contributed by atoms with E-state index in [1.54, 1.807) is 0 Å². The van der Waals surface area contributed by atoms with Crippen molar-refractivity contribution in [2.75, 3.05) is 0 Å². The van der Waals surface area contributed by atoms with Crippen molar-refractivity contribution >= 4 is 16.9 Å². The van der Waals surface area contributed by atoms with Gasteiger partial charge in [0.05, 0.1) is 11.8 Å². The zero-order valence-corrected chi connectivity index (χ0v) is 10.9. The molecule has 0 bridgehead atoms. The SMILES string of the molecule is CC(C)(C)c1cc2c3c(ccc2o1)CCC(=O)O3. The van der Waals surface area contributed by atoms with Crippen molar-refractivity contribution in [3.05, 3.63) is 29.5 Å². The number of ether oxygens (including phenoxy) is 1. The first-order chi connectivity index (χ1) is 8.45. The lowest BCUT2D eigenvalue weighted by Crippen LogP contribution is -2.15. The van der Waals surface area contributed by atoms with Crippen LogP contribution in [0.2, 0.25) is 0 Å². The maximum Gasteiger partial charge on any atom is 0.311 e. The van der Waals surface area contributed by atoms with Gasteiger partial charge < -0.3 is 9.15 Å². The van der Waals surface area contributed by atoms with Crippen LogP contribution < -0.4 is 4.74 Å². The van der Waals surface area contributed by atoms with E-state index >= 15 is 0 Å². The van der Waals surface area contributed by atoms with Gasteiger partial charge in [0.25, 0.3) is 0 Å². The van der Waals surface area contributed by atoms with E-state index in [-0.39, 0.29) is 11.4 Å². The summed E-state index contributed by atoms with van der Waals surface area (Å²) < 4.78 is 11.2. The largest absolute Gasteiger partial charge is 0.460 e. The van der Waals surface area contributed by atoms with Crippen LogP contribution in [0.5, 0.6) is 5.75 Å². The number of fused-ring (bicyclic) bond motifs is 3. The Hall–Kier alpha value is -1.77. The number of benzene rings is 1. The van der Waals surface area contributed by atoms with Crippen LogP contribution in [-0.4, -0.2) is 5.97 Å². The van der Waals surface area contributed by atoms with E-state index in [9.17, 15) is 4.79 Å². The van der Waals surface area contributed by atoms with E-state index < -0.39 is 0 Å². The molecule has 18 heavy (non-hydrogen) atoms. The summed E-state index contributed by atoms with van der Waals surface area (Å²) in [6.07, 6.45) is 1.21. The molecule has 3 nitrogen and oxygen atoms in total. The molecule has 0 aliphatic carbocycles. The van der Waals surface area contributed by atoms with Crippen molar-refractivity contribution in [1.29, 1.82) is 0 Å². The number of aryl methyl sites for hydroxylation is 1. The number of carbonyl (C=O) groups is 1. The summed E-state index contributed by atoms with van der Waals surface area (Å²) in [6, 6.07) is 5.94. The summed E-state index contributed by atoms with van der Waals surface area (Å²) in [6.45, 7) is 6.30. The standard InChI is InChI=1S/C15H16O3/c1-15(2,3)12-8-10-11(17-12)6-4-9-5-7-13(16)18-14(9)10/h4,6,8H,5,7H2,1-3H3. The molecule has 0 atom stereocenters. The van der Waals surface area contributed by atoms with Crippen molar-refractivity contribution in [2.45, 2.75) is 39.0 Å². The fourth-order valence-corrected chi connectivity index (χ4v) is 2.22. The minimum atomic E-state index is -0.159. The lowest BCUT2D eigenvalue weighted by Gasteiger charge is -2.15. The molecular formula is C15H16O3. The monoisotopic (exact) mass is 244 g/mol. The van der Waals surface area contributed by atoms with Crippen molar-refractivity contribution in [3.8, 4) is 5.75 Å². The maximum atomic E-state index is 11.4. The summed E-state index contributed by atoms with van der Waals surface area (Å²) in [4.78, 5) is 11.4. The van der Waals surface area contributed by atoms with Crippen LogP contribution in [-0.2, 0) is 16.6 Å². The number of hydrogen-bond acceptors (Lipinski definition) is 3. The van der Waals surface area contributed by atoms with Crippen LogP contribution in [0.3, 0.4) is 0 Å². The molecule has 0 N–H and O–H groups in total. The summed E-state index contributed by atoms with van der Waals surface area (Å²) in [5.41, 5.74) is 1.82. The van der Waals surface area contributed by atoms with Crippen LogP contribution in [0.4, 0.5) is 0 Å². The van der Waals surface area contributed by atoms with E-state index in [0.29, 0.717) is 12.2 Å². The molecule has 0 spiro atoms. The highest BCUT2D eigenvalue weighted by atomic mass is 16.5. The molecule has 0 radical (unpaired) electrons. The Morgan fingerprint density at radius 1 is 1.17 bits per heavy atom. The second-order valence-corrected chi connectivity index (χ2v) is 5.80. The van der Waals surface area contributed by atoms with Crippen LogP contribution in [0.15, 0.2) is 22.6 Å². The number of furan rings is 1. The fourth-order valence-electron chi connectivity index (χ4n) is 2.22. The summed E-state index contributed by atoms with van der Waals surface area (Å²) in [5.74, 6) is 1.43. The zero-order valence-electron chi connectivity index (χ0n) is 10.9. The molecule has 0 amide bonds. The van der Waals surface area contributed by atoms with Crippen LogP contribution in [0.1, 0.15) is 38.5 Å². The van der Waals surface area contributed by atoms with Crippen molar-refractivity contribution in [2.24, 2.45) is 0 Å². The van der Waals surface area contributed by atoms with Crippen molar-refractivity contribution < 1.29 is 13.9 Å². The first-order valence-corrected chi connectivity index (χ1v) is 6.22. The number of esters is 1. The Morgan fingerprint density at radius 2 is 1.94 bits per heavy atom. The quantitative estimate of drug-likeness (QED) is 0.525. The topological polar surface area (TPSA) is 39.4 Å². The first-order valence-electron chi connectivity index (χ1n) is 6.22. The van der Waals surface area contributed by atoms with Gasteiger partial charge in [-0.25, -0.2) is 0 Å². The number of carbonyl (C=O) groups excluding carboxylic acids is 1. The van der Waals surface area contributed by atoms with Gasteiger partial charge in [-0.3, -0.25) is 4.79 Å². The third-order valence-electron chi connectivity index (χ3n) is 3.29. The summed E-state index contributed by atoms with van der Waals surface area (Å²) >= 11 is 0. The van der Waals surface area contributed by atoms with Gasteiger partial charge in [-0.2, -0.15) is 0 Å². The molecule has 0 saturated heterocycles. The van der Waals surface area contributed by atoms with E-state index in [1.807, 2.05) is 18.2 Å². The second kappa shape index (κ2) is 3.61. The fraction of sp³-hybridized carbons (Fsp3) is 0.400. The van der Waals surface area contributed by atoms with Gasteiger partial charge in [-0.1, -0.05) is 26.8 Å². The highest BCUT2D eigenvalue weighted by molar-refractivity contribution is 5.90. The Morgan fingerprint density at radius 3 is 2.67 bits per heavy atom. The van der Waals surface area contributed by atoms with Crippen molar-refractivity contribution in [3.63, 3.8) is 0 Å². The predicted octanol–water partition coefficient (Wildman–Crippen LogP) is 3.58. The van der Waals surface area contributed by atoms with Crippen LogP contribution >= 0.6 is 0 Å². The highest BCUT2D eigenvalue weighted by Gasteiger charge is 2.24. The highest BCUT2D eigenvalue weighted by Crippen LogP contribution is 2.38. The normalized spacial score (nSPS) is 15.6. The Bertz CT molecular complexity index is 629. The van der Waals surface area contributed by atoms with E-state index in [4.69, 9.17) is 9.15 Å². The predicted molar refractivity (Wildman–Crippen MR) is 68.9 cm³/mol. The molecule has 0 saturated carbocycles. The smallest absolute Gasteiger partial charge is 0.311 e. The number of hydrogen-bond donors (Lipinski definition) is 0. The summed E-state index contributed by atoms with van der Waals surface area (Å²) in [7, 11) is 0. The molecular weight excluding hydrogens is 228 g/mol. The van der Waals surface area contributed by atoms with Crippen molar-refractivity contribution in [1.82, 2.24) is 0 Å². The van der Waals surface area contributed by atoms with Gasteiger partial charge in [-0.15, -0.1) is 0 Å². The molecule has 3 heteroatoms. The molecule has 1 aliphatic rings. The first kappa shape index (κ1) is 11.3. The zero-order chi connectivity index (χ0) is 12.9. The Balaban J connectivity index is 2.22. The minimum absolute atomic E-state index is 0.0510. The molecule has 3 rings (SSSR count). The number of rotatable bonds is 0. The average Bonchev–Trinajstić information content (AvgIpc) is 2.72. The summed E-state index contributed by atoms with van der Waals surface area (Å²) in [5, 5.41) is 0.908. The Kier molecular flexibility index (Phi) is 2.27. The molecule has 2 heterocycles. The van der Waals surface area contributed by atoms with E-state index in [1.165, 1.54) is 0 Å². The van der Waals surface area contributed by atoms with Gasteiger partial charge in [0.2, 0.25) is 0 Å². The van der Waals surface area contributed by atoms with Crippen LogP contribution in [0.25, 0.3) is 11.0 Å². The van der Waals surface area contributed by atoms with Gasteiger partial charge in [0.1, 0.15) is 17.1 Å². The van der Waals surface area contributed by atoms with Gasteiger partial charge >= 0.3 is 5.97 Å². The molecule has 94 valence electrons. The van der Waals surface area contributed by atoms with E-state index in [2.05, 4.69) is 20.8 Å². The molecule has 1 aromatic heterocycles. The Labute approximate surface area is 106 Å². The lowest BCUT2D eigenvalue weighted by atomic mass is 9.93. The molecule has 0 unspecified atom stereocenters. The third-order valence-corrected chi connectivity index (χ3v) is 3.29. The second-order valence-electron chi connectivity index (χ2n) is 5.80. The molecule has 1 aliphatic heterocycles. The molecule has 1 aromatic carbocycles. The average molecular weight is 244 g/mol. The lowest BCUT2D eigenvalue weighted by molar-refractivity contribution is -0.135. The van der Waals surface area contributed by atoms with E-state index in [0.717, 1.165) is 28.7 Å². The van der Waals surface area contributed by atoms with Crippen LogP contribution in [0, 0.1) is 0 Å². The third kappa shape index (κ3) is 1.70. The van der Waals surface area contributed by atoms with Gasteiger partial charge in [0, 0.05) is 5.41 Å². The molecule has 0 fully saturated rings. The maximum absolute atomic E-state index is 11.4. The van der Waals surface area contributed by atoms with Gasteiger partial charge in [-0.05, 0) is 24.1 Å². The minimum Gasteiger partial charge on any atom is -0.460 e.